The molecule has 10 heteroatoms. The largest absolute Gasteiger partial charge is 0.457 e. The second-order valence-corrected chi connectivity index (χ2v) is 14.3. The minimum Gasteiger partial charge on any atom is -0.403 e. The van der Waals surface area contributed by atoms with Crippen LogP contribution in [-0.4, -0.2) is 44.4 Å². The van der Waals surface area contributed by atoms with Gasteiger partial charge in [-0.2, -0.15) is 0 Å². The standard InChI is InChI=1S/C41H49BN6O3/c1-39(2)40(3,4)51-42(50-39)29-19-9-18-28-36(38-45-46-47-48(38)31-37(49)43-30-32-20-10-5-11-21-32)44-41(33-22-12-6-13-23-33,34-24-14-7-15-25-34)35-26-16-8-17-27-35/h5-8,10-17,20-27,36,44H,9,18-19,28-31H2,1-4H3,(H,43,49). The summed E-state index contributed by atoms with van der Waals surface area (Å²) in [6, 6.07) is 41.1. The van der Waals surface area contributed by atoms with Crippen molar-refractivity contribution in [3.05, 3.63) is 149 Å². The molecule has 1 atom stereocenters. The van der Waals surface area contributed by atoms with Crippen LogP contribution in [0.4, 0.5) is 0 Å². The van der Waals surface area contributed by atoms with Gasteiger partial charge in [-0.1, -0.05) is 141 Å². The van der Waals surface area contributed by atoms with Crippen LogP contribution in [0.15, 0.2) is 121 Å². The molecule has 2 N–H and O–H groups in total. The van der Waals surface area contributed by atoms with Gasteiger partial charge in [-0.25, -0.2) is 4.68 Å². The van der Waals surface area contributed by atoms with E-state index < -0.39 is 5.54 Å². The van der Waals surface area contributed by atoms with Gasteiger partial charge in [0.15, 0.2) is 5.82 Å². The summed E-state index contributed by atoms with van der Waals surface area (Å²) in [5, 5.41) is 20.1. The van der Waals surface area contributed by atoms with Crippen LogP contribution in [-0.2, 0) is 32.7 Å². The van der Waals surface area contributed by atoms with Crippen LogP contribution in [0.25, 0.3) is 0 Å². The molecule has 0 bridgehead atoms. The minimum absolute atomic E-state index is 0.00425. The number of aromatic nitrogens is 4. The van der Waals surface area contributed by atoms with E-state index in [0.717, 1.165) is 54.3 Å². The average Bonchev–Trinajstić information content (AvgIpc) is 3.69. The molecule has 6 rings (SSSR count). The Morgan fingerprint density at radius 3 is 1.78 bits per heavy atom. The average molecular weight is 685 g/mol. The van der Waals surface area contributed by atoms with E-state index in [-0.39, 0.29) is 36.8 Å². The molecule has 1 unspecified atom stereocenters. The zero-order valence-electron chi connectivity index (χ0n) is 30.2. The molecule has 1 fully saturated rings. The van der Waals surface area contributed by atoms with Crippen LogP contribution in [0.5, 0.6) is 0 Å². The number of rotatable bonds is 16. The smallest absolute Gasteiger partial charge is 0.403 e. The molecule has 0 saturated carbocycles. The molecule has 0 radical (unpaired) electrons. The Balaban J connectivity index is 1.29. The fourth-order valence-corrected chi connectivity index (χ4v) is 6.82. The molecular weight excluding hydrogens is 635 g/mol. The Bertz CT molecular complexity index is 1710. The Hall–Kier alpha value is -4.64. The van der Waals surface area contributed by atoms with E-state index in [0.29, 0.717) is 12.4 Å². The molecule has 1 aliphatic heterocycles. The molecular formula is C41H49BN6O3. The number of tetrazole rings is 1. The fourth-order valence-electron chi connectivity index (χ4n) is 6.82. The van der Waals surface area contributed by atoms with Crippen LogP contribution < -0.4 is 10.6 Å². The first-order chi connectivity index (χ1) is 24.7. The Kier molecular flexibility index (Phi) is 11.4. The first kappa shape index (κ1) is 36.2. The molecule has 5 aromatic rings. The lowest BCUT2D eigenvalue weighted by Crippen LogP contribution is -2.47. The zero-order chi connectivity index (χ0) is 35.7. The van der Waals surface area contributed by atoms with Gasteiger partial charge in [-0.3, -0.25) is 10.1 Å². The van der Waals surface area contributed by atoms with Crippen molar-refractivity contribution in [2.45, 2.75) is 95.6 Å². The zero-order valence-corrected chi connectivity index (χ0v) is 30.2. The van der Waals surface area contributed by atoms with E-state index in [4.69, 9.17) is 9.31 Å². The predicted molar refractivity (Wildman–Crippen MR) is 201 cm³/mol. The number of unbranched alkanes of at least 4 members (excludes halogenated alkanes) is 2. The summed E-state index contributed by atoms with van der Waals surface area (Å²) in [4.78, 5) is 13.3. The molecule has 9 nitrogen and oxygen atoms in total. The third kappa shape index (κ3) is 8.47. The molecule has 4 aromatic carbocycles. The second-order valence-electron chi connectivity index (χ2n) is 14.3. The highest BCUT2D eigenvalue weighted by Gasteiger charge is 2.50. The van der Waals surface area contributed by atoms with Crippen molar-refractivity contribution in [3.63, 3.8) is 0 Å². The maximum atomic E-state index is 13.3. The number of hydrogen-bond acceptors (Lipinski definition) is 7. The first-order valence-electron chi connectivity index (χ1n) is 18.0. The maximum absolute atomic E-state index is 13.3. The van der Waals surface area contributed by atoms with E-state index >= 15 is 0 Å². The van der Waals surface area contributed by atoms with Gasteiger partial charge in [-0.05, 0) is 73.1 Å². The number of amides is 1. The van der Waals surface area contributed by atoms with Crippen LogP contribution in [0.1, 0.15) is 87.5 Å². The summed E-state index contributed by atoms with van der Waals surface area (Å²) in [6.07, 6.45) is 4.39. The highest BCUT2D eigenvalue weighted by atomic mass is 16.7. The topological polar surface area (TPSA) is 103 Å². The van der Waals surface area contributed by atoms with Crippen LogP contribution >= 0.6 is 0 Å². The Morgan fingerprint density at radius 1 is 0.745 bits per heavy atom. The number of carbonyl (C=O) groups is 1. The second kappa shape index (κ2) is 16.1. The molecule has 1 amide bonds. The van der Waals surface area contributed by atoms with Crippen molar-refractivity contribution in [3.8, 4) is 0 Å². The summed E-state index contributed by atoms with van der Waals surface area (Å²) >= 11 is 0. The molecule has 2 heterocycles. The van der Waals surface area contributed by atoms with Crippen LogP contribution in [0.3, 0.4) is 0 Å². The summed E-state index contributed by atoms with van der Waals surface area (Å²) in [5.74, 6) is 0.456. The SMILES string of the molecule is CC1(C)OB(CCCCCC(NC(c2ccccc2)(c2ccccc2)c2ccccc2)c2nnnn2CC(=O)NCc2ccccc2)OC1(C)C. The van der Waals surface area contributed by atoms with Gasteiger partial charge < -0.3 is 14.6 Å². The number of nitrogens with zero attached hydrogens (tertiary/aromatic N) is 4. The lowest BCUT2D eigenvalue weighted by atomic mass is 9.76. The molecule has 264 valence electrons. The lowest BCUT2D eigenvalue weighted by molar-refractivity contribution is -0.122. The fraction of sp³-hybridized carbons (Fsp3) is 0.366. The predicted octanol–water partition coefficient (Wildman–Crippen LogP) is 7.26. The summed E-state index contributed by atoms with van der Waals surface area (Å²) in [7, 11) is -0.215. The van der Waals surface area contributed by atoms with Gasteiger partial charge >= 0.3 is 7.12 Å². The first-order valence-corrected chi connectivity index (χ1v) is 18.0. The lowest BCUT2D eigenvalue weighted by Gasteiger charge is -2.40. The van der Waals surface area contributed by atoms with Crippen molar-refractivity contribution < 1.29 is 14.1 Å². The quantitative estimate of drug-likeness (QED) is 0.0641. The Labute approximate surface area is 302 Å². The molecule has 1 aromatic heterocycles. The number of hydrogen-bond donors (Lipinski definition) is 2. The van der Waals surface area contributed by atoms with Gasteiger partial charge in [0.2, 0.25) is 5.91 Å². The van der Waals surface area contributed by atoms with Gasteiger partial charge in [0.1, 0.15) is 6.54 Å². The van der Waals surface area contributed by atoms with Gasteiger partial charge in [0, 0.05) is 6.54 Å². The normalized spacial score (nSPS) is 15.8. The third-order valence-electron chi connectivity index (χ3n) is 10.2. The number of carbonyl (C=O) groups excluding carboxylic acids is 1. The third-order valence-corrected chi connectivity index (χ3v) is 10.2. The van der Waals surface area contributed by atoms with Crippen molar-refractivity contribution in [1.82, 2.24) is 30.8 Å². The van der Waals surface area contributed by atoms with E-state index in [1.165, 1.54) is 0 Å². The van der Waals surface area contributed by atoms with Crippen LogP contribution in [0, 0.1) is 0 Å². The van der Waals surface area contributed by atoms with E-state index in [1.807, 2.05) is 48.5 Å². The number of benzene rings is 4. The number of nitrogens with one attached hydrogen (secondary N) is 2. The monoisotopic (exact) mass is 684 g/mol. The van der Waals surface area contributed by atoms with Crippen molar-refractivity contribution in [2.24, 2.45) is 0 Å². The Morgan fingerprint density at radius 2 is 1.25 bits per heavy atom. The summed E-state index contributed by atoms with van der Waals surface area (Å²) in [5.41, 5.74) is 2.87. The molecule has 0 spiro atoms. The van der Waals surface area contributed by atoms with Gasteiger partial charge in [0.25, 0.3) is 0 Å². The van der Waals surface area contributed by atoms with Crippen molar-refractivity contribution >= 4 is 13.0 Å². The van der Waals surface area contributed by atoms with Crippen molar-refractivity contribution in [2.75, 3.05) is 0 Å². The van der Waals surface area contributed by atoms with Gasteiger partial charge in [-0.15, -0.1) is 5.10 Å². The summed E-state index contributed by atoms with van der Waals surface area (Å²) < 4.78 is 14.2. The minimum atomic E-state index is -0.747. The van der Waals surface area contributed by atoms with E-state index in [1.54, 1.807) is 4.68 Å². The highest BCUT2D eigenvalue weighted by Crippen LogP contribution is 2.40. The highest BCUT2D eigenvalue weighted by molar-refractivity contribution is 6.45. The van der Waals surface area contributed by atoms with Crippen molar-refractivity contribution in [1.29, 1.82) is 0 Å². The summed E-state index contributed by atoms with van der Waals surface area (Å²) in [6.45, 7) is 8.80. The maximum Gasteiger partial charge on any atom is 0.457 e. The molecule has 51 heavy (non-hydrogen) atoms. The van der Waals surface area contributed by atoms with E-state index in [2.05, 4.69) is 127 Å². The molecule has 1 saturated heterocycles. The van der Waals surface area contributed by atoms with E-state index in [9.17, 15) is 4.79 Å². The van der Waals surface area contributed by atoms with Crippen LogP contribution in [0.2, 0.25) is 6.32 Å². The molecule has 0 aliphatic carbocycles. The molecule has 1 aliphatic rings. The van der Waals surface area contributed by atoms with Gasteiger partial charge in [0.05, 0.1) is 22.8 Å².